The van der Waals surface area contributed by atoms with Gasteiger partial charge in [-0.3, -0.25) is 0 Å². The van der Waals surface area contributed by atoms with E-state index in [0.717, 1.165) is 25.7 Å². The van der Waals surface area contributed by atoms with E-state index in [9.17, 15) is 0 Å². The monoisotopic (exact) mass is 404 g/mol. The highest BCUT2D eigenvalue weighted by molar-refractivity contribution is 7.39. The van der Waals surface area contributed by atoms with Crippen molar-refractivity contribution < 1.29 is 14.3 Å². The first kappa shape index (κ1) is 20.0. The van der Waals surface area contributed by atoms with Gasteiger partial charge in [-0.05, 0) is 45.5 Å². The quantitative estimate of drug-likeness (QED) is 0.369. The predicted octanol–water partition coefficient (Wildman–Crippen LogP) is 6.82. The first-order valence-corrected chi connectivity index (χ1v) is 11.2. The zero-order valence-electron chi connectivity index (χ0n) is 16.2. The van der Waals surface area contributed by atoms with Crippen molar-refractivity contribution >= 4 is 30.1 Å². The third-order valence-electron chi connectivity index (χ3n) is 5.41. The molecule has 4 aromatic carbocycles. The van der Waals surface area contributed by atoms with Crippen molar-refractivity contribution in [2.24, 2.45) is 0 Å². The average Bonchev–Trinajstić information content (AvgIpc) is 3.26. The molecule has 1 fully saturated rings. The Balaban J connectivity index is 0.000000192. The molecule has 1 aliphatic carbocycles. The van der Waals surface area contributed by atoms with Crippen LogP contribution in [0.3, 0.4) is 0 Å². The number of fused-ring (bicyclic) bond motifs is 2. The molecule has 0 bridgehead atoms. The van der Waals surface area contributed by atoms with Crippen LogP contribution in [0.15, 0.2) is 84.9 Å². The highest BCUT2D eigenvalue weighted by atomic mass is 31.2. The highest BCUT2D eigenvalue weighted by Crippen LogP contribution is 2.34. The van der Waals surface area contributed by atoms with E-state index in [1.165, 1.54) is 32.7 Å². The van der Waals surface area contributed by atoms with Gasteiger partial charge in [0.1, 0.15) is 0 Å². The summed E-state index contributed by atoms with van der Waals surface area (Å²) in [7, 11) is -2.11. The Morgan fingerprint density at radius 3 is 1.55 bits per heavy atom. The largest absolute Gasteiger partial charge is 0.328 e. The Kier molecular flexibility index (Phi) is 6.53. The maximum Gasteiger partial charge on any atom is 0.327 e. The molecule has 0 atom stereocenters. The normalized spacial score (nSPS) is 14.3. The van der Waals surface area contributed by atoms with Gasteiger partial charge in [0.15, 0.2) is 0 Å². The second-order valence-electron chi connectivity index (χ2n) is 7.32. The van der Waals surface area contributed by atoms with Crippen LogP contribution in [0.2, 0.25) is 0 Å². The van der Waals surface area contributed by atoms with E-state index in [-0.39, 0.29) is 6.10 Å². The third kappa shape index (κ3) is 4.83. The molecular formula is C25H25O3P. The van der Waals surface area contributed by atoms with Gasteiger partial charge in [-0.1, -0.05) is 97.8 Å². The van der Waals surface area contributed by atoms with Crippen LogP contribution in [-0.4, -0.2) is 15.9 Å². The molecule has 0 amide bonds. The van der Waals surface area contributed by atoms with Gasteiger partial charge < -0.3 is 14.3 Å². The minimum absolute atomic E-state index is 0.117. The Bertz CT molecular complexity index is 1000. The van der Waals surface area contributed by atoms with Crippen molar-refractivity contribution in [1.29, 1.82) is 0 Å². The second-order valence-corrected chi connectivity index (χ2v) is 8.03. The summed E-state index contributed by atoms with van der Waals surface area (Å²) in [6, 6.07) is 30.2. The standard InChI is InChI=1S/C20H14.C5H11O3P/c1-3-11-17-15(7-1)9-5-13-19(17)20-14-6-10-16-8-2-4-12-18(16)20;6-9(7)8-5-3-1-2-4-5/h1-14H;5-7H,1-4H2. The van der Waals surface area contributed by atoms with Crippen LogP contribution < -0.4 is 0 Å². The fourth-order valence-corrected chi connectivity index (χ4v) is 4.53. The minimum atomic E-state index is -2.11. The second kappa shape index (κ2) is 9.47. The van der Waals surface area contributed by atoms with Crippen LogP contribution in [-0.2, 0) is 4.52 Å². The predicted molar refractivity (Wildman–Crippen MR) is 122 cm³/mol. The van der Waals surface area contributed by atoms with Crippen LogP contribution in [0.5, 0.6) is 0 Å². The smallest absolute Gasteiger partial charge is 0.327 e. The van der Waals surface area contributed by atoms with Crippen molar-refractivity contribution in [2.45, 2.75) is 31.8 Å². The van der Waals surface area contributed by atoms with Gasteiger partial charge in [0, 0.05) is 0 Å². The Morgan fingerprint density at radius 2 is 1.07 bits per heavy atom. The van der Waals surface area contributed by atoms with Gasteiger partial charge in [-0.15, -0.1) is 0 Å². The van der Waals surface area contributed by atoms with E-state index in [1.54, 1.807) is 0 Å². The van der Waals surface area contributed by atoms with Crippen LogP contribution in [0.25, 0.3) is 32.7 Å². The molecule has 1 aliphatic rings. The third-order valence-corrected chi connectivity index (χ3v) is 5.90. The molecule has 0 heterocycles. The van der Waals surface area contributed by atoms with Gasteiger partial charge in [0.25, 0.3) is 0 Å². The highest BCUT2D eigenvalue weighted by Gasteiger charge is 2.18. The lowest BCUT2D eigenvalue weighted by atomic mass is 9.94. The van der Waals surface area contributed by atoms with E-state index in [0.29, 0.717) is 0 Å². The van der Waals surface area contributed by atoms with Crippen molar-refractivity contribution in [2.75, 3.05) is 0 Å². The summed E-state index contributed by atoms with van der Waals surface area (Å²) in [5.41, 5.74) is 2.61. The fraction of sp³-hybridized carbons (Fsp3) is 0.200. The summed E-state index contributed by atoms with van der Waals surface area (Å²) < 4.78 is 4.79. The summed E-state index contributed by atoms with van der Waals surface area (Å²) in [6.07, 6.45) is 4.41. The van der Waals surface area contributed by atoms with E-state index >= 15 is 0 Å². The van der Waals surface area contributed by atoms with E-state index in [2.05, 4.69) is 84.9 Å². The average molecular weight is 404 g/mol. The molecule has 0 unspecified atom stereocenters. The molecule has 4 heteroatoms. The Labute approximate surface area is 172 Å². The molecule has 4 aromatic rings. The van der Waals surface area contributed by atoms with Crippen LogP contribution >= 0.6 is 8.60 Å². The molecule has 29 heavy (non-hydrogen) atoms. The summed E-state index contributed by atoms with van der Waals surface area (Å²) in [6.45, 7) is 0. The first-order valence-electron chi connectivity index (χ1n) is 10.0. The molecular weight excluding hydrogens is 379 g/mol. The van der Waals surface area contributed by atoms with Gasteiger partial charge in [-0.25, -0.2) is 0 Å². The molecule has 0 spiro atoms. The molecule has 2 N–H and O–H groups in total. The Hall–Kier alpha value is -2.29. The van der Waals surface area contributed by atoms with E-state index in [1.807, 2.05) is 0 Å². The number of hydrogen-bond acceptors (Lipinski definition) is 3. The minimum Gasteiger partial charge on any atom is -0.328 e. The molecule has 0 saturated heterocycles. The fourth-order valence-electron chi connectivity index (χ4n) is 4.05. The molecule has 1 saturated carbocycles. The summed E-state index contributed by atoms with van der Waals surface area (Å²) in [5.74, 6) is 0. The van der Waals surface area contributed by atoms with Crippen molar-refractivity contribution in [3.05, 3.63) is 84.9 Å². The van der Waals surface area contributed by atoms with E-state index < -0.39 is 8.60 Å². The maximum absolute atomic E-state index is 8.41. The topological polar surface area (TPSA) is 49.7 Å². The molecule has 3 nitrogen and oxygen atoms in total. The van der Waals surface area contributed by atoms with Gasteiger partial charge in [-0.2, -0.15) is 0 Å². The zero-order valence-corrected chi connectivity index (χ0v) is 17.1. The summed E-state index contributed by atoms with van der Waals surface area (Å²) in [5, 5.41) is 5.20. The van der Waals surface area contributed by atoms with Crippen LogP contribution in [0, 0.1) is 0 Å². The van der Waals surface area contributed by atoms with E-state index in [4.69, 9.17) is 14.3 Å². The van der Waals surface area contributed by atoms with Crippen LogP contribution in [0.1, 0.15) is 25.7 Å². The Morgan fingerprint density at radius 1 is 0.621 bits per heavy atom. The molecule has 0 aliphatic heterocycles. The summed E-state index contributed by atoms with van der Waals surface area (Å²) in [4.78, 5) is 16.8. The molecule has 0 radical (unpaired) electrons. The van der Waals surface area contributed by atoms with Gasteiger partial charge in [0.05, 0.1) is 6.10 Å². The lowest BCUT2D eigenvalue weighted by Gasteiger charge is -2.10. The zero-order chi connectivity index (χ0) is 20.1. The van der Waals surface area contributed by atoms with Crippen LogP contribution in [0.4, 0.5) is 0 Å². The lowest BCUT2D eigenvalue weighted by molar-refractivity contribution is 0.176. The molecule has 0 aromatic heterocycles. The number of benzene rings is 4. The summed E-state index contributed by atoms with van der Waals surface area (Å²) >= 11 is 0. The first-order chi connectivity index (χ1) is 14.2. The van der Waals surface area contributed by atoms with Crippen molar-refractivity contribution in [3.63, 3.8) is 0 Å². The van der Waals surface area contributed by atoms with Gasteiger partial charge in [0.2, 0.25) is 0 Å². The lowest BCUT2D eigenvalue weighted by Crippen LogP contribution is -2.02. The van der Waals surface area contributed by atoms with Gasteiger partial charge >= 0.3 is 8.60 Å². The molecule has 5 rings (SSSR count). The SMILES string of the molecule is OP(O)OC1CCCC1.c1ccc2c(-c3cccc4ccccc34)cccc2c1. The van der Waals surface area contributed by atoms with Crippen molar-refractivity contribution in [3.8, 4) is 11.1 Å². The maximum atomic E-state index is 8.41. The molecule has 148 valence electrons. The van der Waals surface area contributed by atoms with Crippen molar-refractivity contribution in [1.82, 2.24) is 0 Å². The number of hydrogen-bond donors (Lipinski definition) is 2. The number of rotatable bonds is 3.